The molecule has 1 aliphatic rings. The van der Waals surface area contributed by atoms with Gasteiger partial charge in [0.15, 0.2) is 5.11 Å². The highest BCUT2D eigenvalue weighted by molar-refractivity contribution is 7.80. The number of anilines is 1. The van der Waals surface area contributed by atoms with Crippen molar-refractivity contribution in [3.05, 3.63) is 30.3 Å². The Labute approximate surface area is 134 Å². The van der Waals surface area contributed by atoms with E-state index in [4.69, 9.17) is 12.2 Å². The van der Waals surface area contributed by atoms with Crippen molar-refractivity contribution in [2.75, 3.05) is 24.8 Å². The Kier molecular flexibility index (Phi) is 6.46. The van der Waals surface area contributed by atoms with Gasteiger partial charge in [-0.05, 0) is 36.7 Å². The molecule has 0 amide bonds. The molecule has 3 nitrogen and oxygen atoms in total. The predicted octanol–water partition coefficient (Wildman–Crippen LogP) is 3.81. The summed E-state index contributed by atoms with van der Waals surface area (Å²) in [6.45, 7) is 7.47. The number of thiocarbonyl (C=S) groups is 1. The van der Waals surface area contributed by atoms with Gasteiger partial charge < -0.3 is 10.2 Å². The van der Waals surface area contributed by atoms with E-state index in [1.165, 1.54) is 31.4 Å². The van der Waals surface area contributed by atoms with E-state index in [9.17, 15) is 0 Å². The van der Waals surface area contributed by atoms with Crippen LogP contribution in [0.4, 0.5) is 5.69 Å². The molecule has 1 aliphatic heterocycles. The van der Waals surface area contributed by atoms with Crippen molar-refractivity contribution in [2.45, 2.75) is 39.5 Å². The summed E-state index contributed by atoms with van der Waals surface area (Å²) < 4.78 is 0. The molecule has 1 N–H and O–H groups in total. The van der Waals surface area contributed by atoms with E-state index < -0.39 is 0 Å². The lowest BCUT2D eigenvalue weighted by Crippen LogP contribution is -2.57. The fourth-order valence-electron chi connectivity index (χ4n) is 2.80. The molecule has 1 atom stereocenters. The average molecular weight is 305 g/mol. The molecule has 1 aromatic carbocycles. The van der Waals surface area contributed by atoms with Crippen molar-refractivity contribution in [1.82, 2.24) is 10.2 Å². The first-order valence-electron chi connectivity index (χ1n) is 8.07. The summed E-state index contributed by atoms with van der Waals surface area (Å²) in [6.07, 6.45) is 5.21. The van der Waals surface area contributed by atoms with Crippen LogP contribution in [0.5, 0.6) is 0 Å². The smallest absolute Gasteiger partial charge is 0.175 e. The molecule has 0 unspecified atom stereocenters. The van der Waals surface area contributed by atoms with Gasteiger partial charge in [0.1, 0.15) is 0 Å². The first kappa shape index (κ1) is 16.2. The highest BCUT2D eigenvalue weighted by atomic mass is 32.1. The van der Waals surface area contributed by atoms with Crippen LogP contribution in [0, 0.1) is 5.92 Å². The van der Waals surface area contributed by atoms with E-state index in [2.05, 4.69) is 53.2 Å². The Morgan fingerprint density at radius 3 is 2.67 bits per heavy atom. The molecule has 0 aliphatic carbocycles. The first-order chi connectivity index (χ1) is 10.2. The van der Waals surface area contributed by atoms with Gasteiger partial charge in [-0.1, -0.05) is 51.3 Å². The van der Waals surface area contributed by atoms with Crippen LogP contribution in [0.25, 0.3) is 0 Å². The van der Waals surface area contributed by atoms with Gasteiger partial charge in [0.25, 0.3) is 0 Å². The van der Waals surface area contributed by atoms with Crippen molar-refractivity contribution < 1.29 is 0 Å². The lowest BCUT2D eigenvalue weighted by Gasteiger charge is -2.39. The number of benzene rings is 1. The Morgan fingerprint density at radius 1 is 1.24 bits per heavy atom. The fraction of sp³-hybridized carbons (Fsp3) is 0.588. The van der Waals surface area contributed by atoms with Gasteiger partial charge >= 0.3 is 0 Å². The average Bonchev–Trinajstić information content (AvgIpc) is 2.53. The minimum atomic E-state index is 0.788. The van der Waals surface area contributed by atoms with Crippen molar-refractivity contribution in [1.29, 1.82) is 0 Å². The summed E-state index contributed by atoms with van der Waals surface area (Å²) in [4.78, 5) is 4.65. The molecule has 1 fully saturated rings. The Balaban J connectivity index is 1.95. The molecule has 1 aromatic rings. The van der Waals surface area contributed by atoms with Crippen LogP contribution in [0.3, 0.4) is 0 Å². The standard InChI is InChI=1S/C17H27N3S/c1-3-5-9-15(4-2)12-19-13-18-17(21)20(14-19)16-10-7-6-8-11-16/h6-8,10-11,15H,3-5,9,12-14H2,1-2H3,(H,18,21)/t15-/m0/s1. The molecule has 0 bridgehead atoms. The second-order valence-electron chi connectivity index (χ2n) is 5.81. The molecule has 1 saturated heterocycles. The van der Waals surface area contributed by atoms with Crippen molar-refractivity contribution in [2.24, 2.45) is 5.92 Å². The largest absolute Gasteiger partial charge is 0.349 e. The maximum atomic E-state index is 5.46. The second kappa shape index (κ2) is 8.35. The number of nitrogens with one attached hydrogen (secondary N) is 1. The summed E-state index contributed by atoms with van der Waals surface area (Å²) in [5.74, 6) is 0.788. The van der Waals surface area contributed by atoms with Crippen molar-refractivity contribution in [3.8, 4) is 0 Å². The number of para-hydroxylation sites is 1. The maximum absolute atomic E-state index is 5.46. The van der Waals surface area contributed by atoms with Crippen LogP contribution in [0.15, 0.2) is 30.3 Å². The van der Waals surface area contributed by atoms with E-state index in [1.807, 2.05) is 6.07 Å². The molecule has 2 rings (SSSR count). The third-order valence-electron chi connectivity index (χ3n) is 4.17. The molecule has 21 heavy (non-hydrogen) atoms. The summed E-state index contributed by atoms with van der Waals surface area (Å²) in [6, 6.07) is 10.4. The Bertz CT molecular complexity index is 435. The maximum Gasteiger partial charge on any atom is 0.175 e. The van der Waals surface area contributed by atoms with Gasteiger partial charge in [0.2, 0.25) is 0 Å². The third-order valence-corrected chi connectivity index (χ3v) is 4.53. The van der Waals surface area contributed by atoms with Crippen LogP contribution in [-0.4, -0.2) is 29.9 Å². The summed E-state index contributed by atoms with van der Waals surface area (Å²) in [5.41, 5.74) is 1.17. The number of rotatable bonds is 7. The third kappa shape index (κ3) is 4.68. The minimum absolute atomic E-state index is 0.788. The van der Waals surface area contributed by atoms with E-state index in [1.54, 1.807) is 0 Å². The zero-order valence-corrected chi connectivity index (χ0v) is 14.0. The van der Waals surface area contributed by atoms with Gasteiger partial charge in [-0.3, -0.25) is 4.90 Å². The zero-order valence-electron chi connectivity index (χ0n) is 13.2. The highest BCUT2D eigenvalue weighted by Gasteiger charge is 2.23. The van der Waals surface area contributed by atoms with Crippen LogP contribution in [-0.2, 0) is 0 Å². The predicted molar refractivity (Wildman–Crippen MR) is 94.4 cm³/mol. The van der Waals surface area contributed by atoms with E-state index in [0.717, 1.165) is 30.9 Å². The molecule has 0 radical (unpaired) electrons. The normalized spacial score (nSPS) is 17.6. The van der Waals surface area contributed by atoms with Crippen molar-refractivity contribution >= 4 is 23.0 Å². The molecule has 4 heteroatoms. The lowest BCUT2D eigenvalue weighted by molar-refractivity contribution is 0.209. The molecule has 0 saturated carbocycles. The lowest BCUT2D eigenvalue weighted by atomic mass is 9.99. The zero-order chi connectivity index (χ0) is 15.1. The number of unbranched alkanes of at least 4 members (excludes halogenated alkanes) is 1. The van der Waals surface area contributed by atoms with E-state index in [-0.39, 0.29) is 0 Å². The van der Waals surface area contributed by atoms with Crippen molar-refractivity contribution in [3.63, 3.8) is 0 Å². The van der Waals surface area contributed by atoms with Crippen LogP contribution in [0.2, 0.25) is 0 Å². The van der Waals surface area contributed by atoms with Gasteiger partial charge in [-0.2, -0.15) is 0 Å². The molecule has 0 aromatic heterocycles. The second-order valence-corrected chi connectivity index (χ2v) is 6.20. The van der Waals surface area contributed by atoms with Gasteiger partial charge in [0.05, 0.1) is 13.3 Å². The number of hydrogen-bond donors (Lipinski definition) is 1. The molecular weight excluding hydrogens is 278 g/mol. The van der Waals surface area contributed by atoms with Gasteiger partial charge in [0, 0.05) is 12.2 Å². The topological polar surface area (TPSA) is 18.5 Å². The minimum Gasteiger partial charge on any atom is -0.349 e. The summed E-state index contributed by atoms with van der Waals surface area (Å²) in [7, 11) is 0. The highest BCUT2D eigenvalue weighted by Crippen LogP contribution is 2.19. The Hall–Kier alpha value is -1.13. The van der Waals surface area contributed by atoms with Crippen LogP contribution >= 0.6 is 12.2 Å². The van der Waals surface area contributed by atoms with E-state index >= 15 is 0 Å². The quantitative estimate of drug-likeness (QED) is 0.772. The van der Waals surface area contributed by atoms with Crippen LogP contribution < -0.4 is 10.2 Å². The molecule has 116 valence electrons. The SMILES string of the molecule is CCCC[C@H](CC)CN1CNC(=S)N(c2ccccc2)C1. The van der Waals surface area contributed by atoms with Gasteiger partial charge in [-0.15, -0.1) is 0 Å². The molecule has 1 heterocycles. The number of hydrogen-bond acceptors (Lipinski definition) is 2. The fourth-order valence-corrected chi connectivity index (χ4v) is 3.03. The summed E-state index contributed by atoms with van der Waals surface area (Å²) in [5, 5.41) is 4.18. The Morgan fingerprint density at radius 2 is 2.00 bits per heavy atom. The first-order valence-corrected chi connectivity index (χ1v) is 8.48. The summed E-state index contributed by atoms with van der Waals surface area (Å²) >= 11 is 5.46. The molecule has 0 spiro atoms. The van der Waals surface area contributed by atoms with Crippen LogP contribution in [0.1, 0.15) is 39.5 Å². The molecular formula is C17H27N3S. The number of nitrogens with zero attached hydrogens (tertiary/aromatic N) is 2. The van der Waals surface area contributed by atoms with Gasteiger partial charge in [-0.25, -0.2) is 0 Å². The monoisotopic (exact) mass is 305 g/mol. The van der Waals surface area contributed by atoms with E-state index in [0.29, 0.717) is 0 Å².